The Morgan fingerprint density at radius 3 is 1.55 bits per heavy atom. The van der Waals surface area contributed by atoms with Crippen LogP contribution in [0.4, 0.5) is 0 Å². The number of para-hydroxylation sites is 2. The van der Waals surface area contributed by atoms with Crippen LogP contribution < -0.4 is 0 Å². The van der Waals surface area contributed by atoms with Crippen LogP contribution in [-0.4, -0.2) is 0 Å². The van der Waals surface area contributed by atoms with Gasteiger partial charge in [0.05, 0.1) is 0 Å². The third-order valence-electron chi connectivity index (χ3n) is 10.1. The van der Waals surface area contributed by atoms with Gasteiger partial charge in [-0.1, -0.05) is 170 Å². The Morgan fingerprint density at radius 1 is 0.286 bits per heavy atom. The Kier molecular flexibility index (Phi) is 6.25. The summed E-state index contributed by atoms with van der Waals surface area (Å²) in [6.45, 7) is 0. The predicted molar refractivity (Wildman–Crippen MR) is 208 cm³/mol. The minimum Gasteiger partial charge on any atom is -0.455 e. The zero-order valence-corrected chi connectivity index (χ0v) is 26.7. The molecule has 0 aliphatic rings. The number of benzene rings is 9. The molecule has 0 N–H and O–H groups in total. The molecular weight excluding hydrogens is 593 g/mol. The summed E-state index contributed by atoms with van der Waals surface area (Å²) in [6, 6.07) is 65.8. The zero-order chi connectivity index (χ0) is 32.3. The van der Waals surface area contributed by atoms with Gasteiger partial charge in [-0.3, -0.25) is 0 Å². The molecule has 1 heteroatoms. The molecule has 10 aromatic rings. The van der Waals surface area contributed by atoms with Gasteiger partial charge in [0.2, 0.25) is 0 Å². The maximum Gasteiger partial charge on any atom is 0.143 e. The van der Waals surface area contributed by atoms with Gasteiger partial charge in [0.1, 0.15) is 11.2 Å². The average molecular weight is 623 g/mol. The predicted octanol–water partition coefficient (Wildman–Crippen LogP) is 13.7. The van der Waals surface area contributed by atoms with Crippen LogP contribution in [0.5, 0.6) is 0 Å². The van der Waals surface area contributed by atoms with Gasteiger partial charge in [-0.15, -0.1) is 0 Å². The number of hydrogen-bond donors (Lipinski definition) is 0. The smallest absolute Gasteiger partial charge is 0.143 e. The van der Waals surface area contributed by atoms with Crippen molar-refractivity contribution in [2.45, 2.75) is 0 Å². The topological polar surface area (TPSA) is 13.1 Å². The fourth-order valence-corrected chi connectivity index (χ4v) is 7.94. The van der Waals surface area contributed by atoms with E-state index in [4.69, 9.17) is 4.42 Å². The SMILES string of the molecule is c1cc(-c2c3ccccc3c(-c3ccccc3-c3cccc4ccccc34)c3ccccc23)cc(-c2cccc3c2oc2ccccc23)c1. The van der Waals surface area contributed by atoms with E-state index in [1.54, 1.807) is 0 Å². The second-order valence-electron chi connectivity index (χ2n) is 12.8. The molecular formula is C48H30O. The molecule has 0 atom stereocenters. The maximum atomic E-state index is 6.46. The van der Waals surface area contributed by atoms with E-state index in [0.29, 0.717) is 0 Å². The van der Waals surface area contributed by atoms with Crippen molar-refractivity contribution in [3.8, 4) is 44.5 Å². The Hall–Kier alpha value is -6.44. The first kappa shape index (κ1) is 27.7. The lowest BCUT2D eigenvalue weighted by molar-refractivity contribution is 0.670. The number of fused-ring (bicyclic) bond motifs is 6. The summed E-state index contributed by atoms with van der Waals surface area (Å²) in [5, 5.41) is 9.76. The first-order valence-electron chi connectivity index (χ1n) is 16.9. The van der Waals surface area contributed by atoms with Crippen LogP contribution in [0.1, 0.15) is 0 Å². The van der Waals surface area contributed by atoms with Gasteiger partial charge in [0.25, 0.3) is 0 Å². The molecule has 1 aromatic heterocycles. The summed E-state index contributed by atoms with van der Waals surface area (Å²) in [6.07, 6.45) is 0. The van der Waals surface area contributed by atoms with Gasteiger partial charge in [-0.25, -0.2) is 0 Å². The fourth-order valence-electron chi connectivity index (χ4n) is 7.94. The van der Waals surface area contributed by atoms with E-state index in [1.807, 2.05) is 12.1 Å². The molecule has 0 saturated carbocycles. The van der Waals surface area contributed by atoms with Gasteiger partial charge in [0, 0.05) is 16.3 Å². The highest BCUT2D eigenvalue weighted by Crippen LogP contribution is 2.47. The van der Waals surface area contributed by atoms with Crippen molar-refractivity contribution in [2.24, 2.45) is 0 Å². The number of rotatable bonds is 4. The van der Waals surface area contributed by atoms with Crippen molar-refractivity contribution in [3.63, 3.8) is 0 Å². The monoisotopic (exact) mass is 622 g/mol. The van der Waals surface area contributed by atoms with Gasteiger partial charge in [0.15, 0.2) is 0 Å². The first-order valence-corrected chi connectivity index (χ1v) is 16.9. The quantitative estimate of drug-likeness (QED) is 0.178. The van der Waals surface area contributed by atoms with Gasteiger partial charge >= 0.3 is 0 Å². The Morgan fingerprint density at radius 2 is 0.776 bits per heavy atom. The van der Waals surface area contributed by atoms with Crippen molar-refractivity contribution < 1.29 is 4.42 Å². The maximum absolute atomic E-state index is 6.46. The van der Waals surface area contributed by atoms with Crippen LogP contribution in [0, 0.1) is 0 Å². The summed E-state index contributed by atoms with van der Waals surface area (Å²) in [5.74, 6) is 0. The van der Waals surface area contributed by atoms with Gasteiger partial charge in [-0.05, 0) is 83.4 Å². The van der Waals surface area contributed by atoms with Crippen LogP contribution in [0.3, 0.4) is 0 Å². The van der Waals surface area contributed by atoms with E-state index < -0.39 is 0 Å². The summed E-state index contributed by atoms with van der Waals surface area (Å²) >= 11 is 0. The first-order chi connectivity index (χ1) is 24.3. The fraction of sp³-hybridized carbons (Fsp3) is 0. The van der Waals surface area contributed by atoms with Crippen molar-refractivity contribution in [3.05, 3.63) is 182 Å². The van der Waals surface area contributed by atoms with Crippen LogP contribution >= 0.6 is 0 Å². The lowest BCUT2D eigenvalue weighted by Crippen LogP contribution is -1.93. The number of furan rings is 1. The highest BCUT2D eigenvalue weighted by atomic mass is 16.3. The largest absolute Gasteiger partial charge is 0.455 e. The van der Waals surface area contributed by atoms with Crippen molar-refractivity contribution in [1.29, 1.82) is 0 Å². The Labute approximate surface area is 284 Å². The molecule has 9 aromatic carbocycles. The average Bonchev–Trinajstić information content (AvgIpc) is 3.56. The van der Waals surface area contributed by atoms with Gasteiger partial charge in [-0.2, -0.15) is 0 Å². The lowest BCUT2D eigenvalue weighted by Gasteiger charge is -2.20. The molecule has 0 unspecified atom stereocenters. The summed E-state index contributed by atoms with van der Waals surface area (Å²) in [4.78, 5) is 0. The van der Waals surface area contributed by atoms with Crippen LogP contribution in [0.15, 0.2) is 186 Å². The molecule has 10 rings (SSSR count). The second kappa shape index (κ2) is 11.1. The van der Waals surface area contributed by atoms with E-state index in [1.165, 1.54) is 65.7 Å². The molecule has 1 heterocycles. The minimum absolute atomic E-state index is 0.914. The van der Waals surface area contributed by atoms with Crippen LogP contribution in [-0.2, 0) is 0 Å². The standard InChI is InChI=1S/C48H30O/c1-2-18-34-31(14-1)15-12-27-36(34)37-19-3-4-21-39(37)47-42-24-7-5-22-40(42)46(41-23-6-8-25-43(41)47)33-17-11-16-32(30-33)35-26-13-28-44-38-20-9-10-29-45(38)49-48(35)44/h1-30H. The van der Waals surface area contributed by atoms with Crippen molar-refractivity contribution in [2.75, 3.05) is 0 Å². The molecule has 0 radical (unpaired) electrons. The normalized spacial score (nSPS) is 11.7. The minimum atomic E-state index is 0.914. The van der Waals surface area contributed by atoms with E-state index in [-0.39, 0.29) is 0 Å². The third-order valence-corrected chi connectivity index (χ3v) is 10.1. The molecule has 0 fully saturated rings. The van der Waals surface area contributed by atoms with Crippen LogP contribution in [0.2, 0.25) is 0 Å². The zero-order valence-electron chi connectivity index (χ0n) is 26.7. The van der Waals surface area contributed by atoms with Crippen molar-refractivity contribution in [1.82, 2.24) is 0 Å². The molecule has 0 aliphatic heterocycles. The summed E-state index contributed by atoms with van der Waals surface area (Å²) in [5.41, 5.74) is 11.5. The molecule has 228 valence electrons. The number of hydrogen-bond acceptors (Lipinski definition) is 1. The third kappa shape index (κ3) is 4.33. The lowest BCUT2D eigenvalue weighted by atomic mass is 9.83. The summed E-state index contributed by atoms with van der Waals surface area (Å²) < 4.78 is 6.46. The highest BCUT2D eigenvalue weighted by molar-refractivity contribution is 6.23. The highest BCUT2D eigenvalue weighted by Gasteiger charge is 2.20. The van der Waals surface area contributed by atoms with E-state index in [2.05, 4.69) is 170 Å². The van der Waals surface area contributed by atoms with E-state index in [0.717, 1.165) is 33.1 Å². The Balaban J connectivity index is 1.23. The summed E-state index contributed by atoms with van der Waals surface area (Å²) in [7, 11) is 0. The molecule has 0 bridgehead atoms. The molecule has 0 spiro atoms. The van der Waals surface area contributed by atoms with Crippen LogP contribution in [0.25, 0.3) is 98.8 Å². The van der Waals surface area contributed by atoms with Gasteiger partial charge < -0.3 is 4.42 Å². The molecule has 49 heavy (non-hydrogen) atoms. The molecule has 0 saturated heterocycles. The van der Waals surface area contributed by atoms with E-state index in [9.17, 15) is 0 Å². The molecule has 1 nitrogen and oxygen atoms in total. The molecule has 0 aliphatic carbocycles. The van der Waals surface area contributed by atoms with Crippen molar-refractivity contribution >= 4 is 54.3 Å². The second-order valence-corrected chi connectivity index (χ2v) is 12.8. The Bertz CT molecular complexity index is 2830. The molecule has 0 amide bonds. The van der Waals surface area contributed by atoms with E-state index >= 15 is 0 Å².